The van der Waals surface area contributed by atoms with Crippen molar-refractivity contribution in [2.24, 2.45) is 4.99 Å². The minimum atomic E-state index is 0. The second-order valence-electron chi connectivity index (χ2n) is 6.06. The molecule has 2 N–H and O–H groups in total. The molecule has 0 aromatic carbocycles. The molecule has 0 aliphatic heterocycles. The highest BCUT2D eigenvalue weighted by Gasteiger charge is 2.15. The quantitative estimate of drug-likeness (QED) is 0.255. The molecular formula is C16H33IN4OS. The number of carbonyl (C=O) groups is 1. The molecule has 0 radical (unpaired) electrons. The van der Waals surface area contributed by atoms with Crippen LogP contribution in [0.1, 0.15) is 44.9 Å². The fourth-order valence-electron chi connectivity index (χ4n) is 2.46. The summed E-state index contributed by atoms with van der Waals surface area (Å²) in [5, 5.41) is 6.88. The Bertz CT molecular complexity index is 347. The van der Waals surface area contributed by atoms with Crippen LogP contribution in [0.15, 0.2) is 4.99 Å². The Kier molecular flexibility index (Phi) is 14.1. The molecule has 1 fully saturated rings. The first-order valence-electron chi connectivity index (χ1n) is 8.37. The van der Waals surface area contributed by atoms with Crippen molar-refractivity contribution in [1.29, 1.82) is 0 Å². The van der Waals surface area contributed by atoms with Crippen LogP contribution in [0.5, 0.6) is 0 Å². The molecule has 1 amide bonds. The number of aliphatic imine (C=N–C) groups is 1. The van der Waals surface area contributed by atoms with E-state index in [0.29, 0.717) is 6.04 Å². The van der Waals surface area contributed by atoms with E-state index in [2.05, 4.69) is 21.9 Å². The lowest BCUT2D eigenvalue weighted by atomic mass is 9.96. The molecule has 0 aromatic heterocycles. The number of unbranched alkanes of at least 4 members (excludes halogenated alkanes) is 1. The Morgan fingerprint density at radius 3 is 2.52 bits per heavy atom. The maximum atomic E-state index is 11.7. The van der Waals surface area contributed by atoms with Crippen molar-refractivity contribution in [2.75, 3.05) is 39.2 Å². The fourth-order valence-corrected chi connectivity index (χ4v) is 2.95. The summed E-state index contributed by atoms with van der Waals surface area (Å²) >= 11 is 1.88. The number of amides is 1. The summed E-state index contributed by atoms with van der Waals surface area (Å²) in [5.41, 5.74) is 0. The van der Waals surface area contributed by atoms with Gasteiger partial charge >= 0.3 is 0 Å². The Morgan fingerprint density at radius 1 is 1.22 bits per heavy atom. The number of rotatable bonds is 8. The first-order chi connectivity index (χ1) is 10.6. The van der Waals surface area contributed by atoms with Gasteiger partial charge in [-0.3, -0.25) is 4.79 Å². The van der Waals surface area contributed by atoms with Crippen LogP contribution in [0, 0.1) is 0 Å². The largest absolute Gasteiger partial charge is 0.356 e. The summed E-state index contributed by atoms with van der Waals surface area (Å²) in [6, 6.07) is 0.501. The van der Waals surface area contributed by atoms with Crippen LogP contribution < -0.4 is 10.6 Å². The molecule has 23 heavy (non-hydrogen) atoms. The third-order valence-electron chi connectivity index (χ3n) is 3.88. The first kappa shape index (κ1) is 22.8. The van der Waals surface area contributed by atoms with E-state index in [1.54, 1.807) is 19.0 Å². The van der Waals surface area contributed by atoms with E-state index in [1.807, 2.05) is 11.8 Å². The molecule has 0 heterocycles. The topological polar surface area (TPSA) is 56.7 Å². The average Bonchev–Trinajstić information content (AvgIpc) is 2.52. The van der Waals surface area contributed by atoms with Crippen LogP contribution in [0.4, 0.5) is 0 Å². The summed E-state index contributed by atoms with van der Waals surface area (Å²) < 4.78 is 0. The molecule has 0 spiro atoms. The standard InChI is InChI=1S/C16H32N4OS.HI/c1-20(2)15(21)13-18-16(17-11-7-8-12-22-3)19-14-9-5-4-6-10-14;/h14H,4-13H2,1-3H3,(H2,17,18,19);1H. The minimum absolute atomic E-state index is 0. The number of halogens is 1. The van der Waals surface area contributed by atoms with Crippen LogP contribution in [0.25, 0.3) is 0 Å². The van der Waals surface area contributed by atoms with Gasteiger partial charge in [-0.1, -0.05) is 19.3 Å². The predicted molar refractivity (Wildman–Crippen MR) is 112 cm³/mol. The Labute approximate surface area is 162 Å². The SMILES string of the molecule is CSCCCCNC(=NCC(=O)N(C)C)NC1CCCCC1.I. The van der Waals surface area contributed by atoms with Gasteiger partial charge in [-0.15, -0.1) is 24.0 Å². The van der Waals surface area contributed by atoms with Crippen LogP contribution in [0.3, 0.4) is 0 Å². The monoisotopic (exact) mass is 456 g/mol. The highest BCUT2D eigenvalue weighted by molar-refractivity contribution is 14.0. The molecule has 7 heteroatoms. The molecule has 0 unspecified atom stereocenters. The van der Waals surface area contributed by atoms with Crippen molar-refractivity contribution in [3.05, 3.63) is 0 Å². The van der Waals surface area contributed by atoms with Crippen LogP contribution in [-0.4, -0.2) is 62.0 Å². The zero-order valence-electron chi connectivity index (χ0n) is 14.8. The van der Waals surface area contributed by atoms with Gasteiger partial charge in [0.1, 0.15) is 6.54 Å². The highest BCUT2D eigenvalue weighted by atomic mass is 127. The molecular weight excluding hydrogens is 423 g/mol. The number of carbonyl (C=O) groups excluding carboxylic acids is 1. The highest BCUT2D eigenvalue weighted by Crippen LogP contribution is 2.17. The van der Waals surface area contributed by atoms with E-state index in [4.69, 9.17) is 0 Å². The lowest BCUT2D eigenvalue weighted by molar-refractivity contribution is -0.127. The average molecular weight is 456 g/mol. The third kappa shape index (κ3) is 11.1. The maximum Gasteiger partial charge on any atom is 0.243 e. The number of nitrogens with one attached hydrogen (secondary N) is 2. The molecule has 5 nitrogen and oxygen atoms in total. The summed E-state index contributed by atoms with van der Waals surface area (Å²) in [7, 11) is 3.53. The number of thioether (sulfide) groups is 1. The van der Waals surface area contributed by atoms with Crippen LogP contribution in [-0.2, 0) is 4.79 Å². The summed E-state index contributed by atoms with van der Waals surface area (Å²) in [6.07, 6.45) is 10.8. The van der Waals surface area contributed by atoms with Crippen molar-refractivity contribution in [3.63, 3.8) is 0 Å². The second-order valence-corrected chi connectivity index (χ2v) is 7.04. The lowest BCUT2D eigenvalue weighted by Gasteiger charge is -2.25. The van der Waals surface area contributed by atoms with Gasteiger partial charge in [-0.05, 0) is 37.7 Å². The van der Waals surface area contributed by atoms with Crippen molar-refractivity contribution in [1.82, 2.24) is 15.5 Å². The third-order valence-corrected chi connectivity index (χ3v) is 4.58. The van der Waals surface area contributed by atoms with Gasteiger partial charge in [-0.2, -0.15) is 11.8 Å². The fraction of sp³-hybridized carbons (Fsp3) is 0.875. The zero-order chi connectivity index (χ0) is 16.2. The summed E-state index contributed by atoms with van der Waals surface area (Å²) in [4.78, 5) is 17.8. The van der Waals surface area contributed by atoms with E-state index in [9.17, 15) is 4.79 Å². The molecule has 0 aromatic rings. The van der Waals surface area contributed by atoms with Gasteiger partial charge < -0.3 is 15.5 Å². The molecule has 1 saturated carbocycles. The van der Waals surface area contributed by atoms with E-state index in [0.717, 1.165) is 18.9 Å². The van der Waals surface area contributed by atoms with Gasteiger partial charge in [0.25, 0.3) is 0 Å². The predicted octanol–water partition coefficient (Wildman–Crippen LogP) is 2.70. The van der Waals surface area contributed by atoms with Crippen LogP contribution >= 0.6 is 35.7 Å². The Hall–Kier alpha value is -0.180. The number of guanidine groups is 1. The van der Waals surface area contributed by atoms with Crippen molar-refractivity contribution in [2.45, 2.75) is 51.0 Å². The summed E-state index contributed by atoms with van der Waals surface area (Å²) in [5.74, 6) is 2.03. The molecule has 0 saturated heterocycles. The molecule has 0 bridgehead atoms. The Balaban J connectivity index is 0.00000484. The zero-order valence-corrected chi connectivity index (χ0v) is 17.9. The van der Waals surface area contributed by atoms with Gasteiger partial charge in [0.2, 0.25) is 5.91 Å². The van der Waals surface area contributed by atoms with Gasteiger partial charge in [0.15, 0.2) is 5.96 Å². The van der Waals surface area contributed by atoms with Gasteiger partial charge in [0, 0.05) is 26.7 Å². The van der Waals surface area contributed by atoms with E-state index in [1.165, 1.54) is 44.3 Å². The van der Waals surface area contributed by atoms with Crippen molar-refractivity contribution >= 4 is 47.6 Å². The molecule has 1 aliphatic carbocycles. The van der Waals surface area contributed by atoms with Crippen molar-refractivity contribution in [3.8, 4) is 0 Å². The maximum absolute atomic E-state index is 11.7. The molecule has 1 aliphatic rings. The smallest absolute Gasteiger partial charge is 0.243 e. The Morgan fingerprint density at radius 2 is 1.91 bits per heavy atom. The van der Waals surface area contributed by atoms with Gasteiger partial charge in [0.05, 0.1) is 0 Å². The molecule has 136 valence electrons. The lowest BCUT2D eigenvalue weighted by Crippen LogP contribution is -2.45. The minimum Gasteiger partial charge on any atom is -0.356 e. The number of hydrogen-bond donors (Lipinski definition) is 2. The first-order valence-corrected chi connectivity index (χ1v) is 9.77. The molecule has 0 atom stereocenters. The normalized spacial score (nSPS) is 15.7. The van der Waals surface area contributed by atoms with Crippen molar-refractivity contribution < 1.29 is 4.79 Å². The number of hydrogen-bond acceptors (Lipinski definition) is 3. The summed E-state index contributed by atoms with van der Waals surface area (Å²) in [6.45, 7) is 1.12. The molecule has 1 rings (SSSR count). The number of nitrogens with zero attached hydrogens (tertiary/aromatic N) is 2. The van der Waals surface area contributed by atoms with E-state index in [-0.39, 0.29) is 36.4 Å². The van der Waals surface area contributed by atoms with Crippen LogP contribution in [0.2, 0.25) is 0 Å². The van der Waals surface area contributed by atoms with E-state index >= 15 is 0 Å². The van der Waals surface area contributed by atoms with Gasteiger partial charge in [-0.25, -0.2) is 4.99 Å². The van der Waals surface area contributed by atoms with E-state index < -0.39 is 0 Å². The second kappa shape index (κ2) is 14.2. The number of likely N-dealkylation sites (N-methyl/N-ethyl adjacent to an activating group) is 1.